The summed E-state index contributed by atoms with van der Waals surface area (Å²) < 4.78 is 19.4. The second-order valence-corrected chi connectivity index (χ2v) is 11.1. The molecule has 29 heavy (non-hydrogen) atoms. The summed E-state index contributed by atoms with van der Waals surface area (Å²) in [7, 11) is 0. The second kappa shape index (κ2) is 7.24. The van der Waals surface area contributed by atoms with Crippen molar-refractivity contribution in [3.8, 4) is 0 Å². The van der Waals surface area contributed by atoms with Crippen LogP contribution >= 0.6 is 15.9 Å². The van der Waals surface area contributed by atoms with Crippen molar-refractivity contribution in [1.82, 2.24) is 4.90 Å². The molecule has 5 nitrogen and oxygen atoms in total. The minimum absolute atomic E-state index is 0.0663. The number of halogens is 1. The molecule has 3 fully saturated rings. The summed E-state index contributed by atoms with van der Waals surface area (Å²) in [5.41, 5.74) is 0.365. The first-order valence-electron chi connectivity index (χ1n) is 10.6. The monoisotopic (exact) mass is 465 g/mol. The van der Waals surface area contributed by atoms with E-state index in [0.717, 1.165) is 55.4 Å². The van der Waals surface area contributed by atoms with E-state index >= 15 is 0 Å². The Hall–Kier alpha value is -1.11. The number of ether oxygens (including phenoxy) is 3. The first kappa shape index (κ1) is 21.1. The van der Waals surface area contributed by atoms with Crippen molar-refractivity contribution in [2.45, 2.75) is 76.7 Å². The Morgan fingerprint density at radius 1 is 0.966 bits per heavy atom. The molecule has 2 heterocycles. The molecule has 3 aliphatic rings. The summed E-state index contributed by atoms with van der Waals surface area (Å²) in [6.07, 6.45) is 3.79. The molecule has 0 bridgehead atoms. The number of rotatable bonds is 2. The standard InChI is InChI=1S/C23H32BrNO4/c1-20(2)15-27-23(28-16-20)11-9-22(10-12-23)13-14-25(19(26)29-22)21(3,4)17-5-7-18(24)8-6-17/h5-8H,9-16H2,1-4H3. The minimum atomic E-state index is -0.485. The summed E-state index contributed by atoms with van der Waals surface area (Å²) in [4.78, 5) is 14.9. The van der Waals surface area contributed by atoms with Gasteiger partial charge in [-0.1, -0.05) is 41.9 Å². The first-order valence-corrected chi connectivity index (χ1v) is 11.4. The van der Waals surface area contributed by atoms with Gasteiger partial charge in [-0.15, -0.1) is 0 Å². The summed E-state index contributed by atoms with van der Waals surface area (Å²) in [5, 5.41) is 0. The molecule has 2 spiro atoms. The molecule has 1 aromatic carbocycles. The van der Waals surface area contributed by atoms with E-state index in [4.69, 9.17) is 14.2 Å². The van der Waals surface area contributed by atoms with Gasteiger partial charge in [0.15, 0.2) is 5.79 Å². The van der Waals surface area contributed by atoms with E-state index in [1.165, 1.54) is 0 Å². The molecule has 2 saturated heterocycles. The molecule has 6 heteroatoms. The molecule has 160 valence electrons. The highest BCUT2D eigenvalue weighted by atomic mass is 79.9. The summed E-state index contributed by atoms with van der Waals surface area (Å²) in [6.45, 7) is 10.6. The number of carbonyl (C=O) groups is 1. The van der Waals surface area contributed by atoms with Crippen LogP contribution in [0.4, 0.5) is 4.79 Å². The minimum Gasteiger partial charge on any atom is -0.443 e. The maximum atomic E-state index is 13.0. The summed E-state index contributed by atoms with van der Waals surface area (Å²) in [5.74, 6) is -0.485. The van der Waals surface area contributed by atoms with Crippen molar-refractivity contribution < 1.29 is 19.0 Å². The predicted octanol–water partition coefficient (Wildman–Crippen LogP) is 5.61. The fourth-order valence-electron chi connectivity index (χ4n) is 4.68. The third-order valence-electron chi connectivity index (χ3n) is 6.92. The van der Waals surface area contributed by atoms with Crippen molar-refractivity contribution >= 4 is 22.0 Å². The molecular weight excluding hydrogens is 434 g/mol. The fraction of sp³-hybridized carbons (Fsp3) is 0.696. The summed E-state index contributed by atoms with van der Waals surface area (Å²) >= 11 is 3.48. The second-order valence-electron chi connectivity index (χ2n) is 10.2. The first-order chi connectivity index (χ1) is 13.6. The van der Waals surface area contributed by atoms with Gasteiger partial charge in [-0.05, 0) is 44.4 Å². The van der Waals surface area contributed by atoms with Gasteiger partial charge in [-0.3, -0.25) is 4.90 Å². The van der Waals surface area contributed by atoms with Gasteiger partial charge in [0.1, 0.15) is 5.60 Å². The van der Waals surface area contributed by atoms with Gasteiger partial charge >= 0.3 is 6.09 Å². The Labute approximate surface area is 182 Å². The van der Waals surface area contributed by atoms with Crippen LogP contribution in [0, 0.1) is 5.41 Å². The Morgan fingerprint density at radius 2 is 1.55 bits per heavy atom. The third kappa shape index (κ3) is 4.08. The Bertz CT molecular complexity index is 754. The lowest BCUT2D eigenvalue weighted by Gasteiger charge is -2.52. The average molecular weight is 466 g/mol. The molecule has 0 atom stereocenters. The zero-order valence-corrected chi connectivity index (χ0v) is 19.5. The molecule has 0 N–H and O–H groups in total. The summed E-state index contributed by atoms with van der Waals surface area (Å²) in [6, 6.07) is 8.15. The van der Waals surface area contributed by atoms with Crippen molar-refractivity contribution in [2.75, 3.05) is 19.8 Å². The smallest absolute Gasteiger partial charge is 0.411 e. The predicted molar refractivity (Wildman–Crippen MR) is 115 cm³/mol. The Balaban J connectivity index is 1.41. The number of hydrogen-bond donors (Lipinski definition) is 0. The van der Waals surface area contributed by atoms with E-state index in [1.54, 1.807) is 0 Å². The van der Waals surface area contributed by atoms with Crippen LogP contribution in [-0.2, 0) is 19.7 Å². The quantitative estimate of drug-likeness (QED) is 0.569. The molecule has 2 aliphatic heterocycles. The Morgan fingerprint density at radius 3 is 2.10 bits per heavy atom. The van der Waals surface area contributed by atoms with Crippen LogP contribution in [-0.4, -0.2) is 42.1 Å². The molecule has 1 aliphatic carbocycles. The van der Waals surface area contributed by atoms with Gasteiger partial charge in [-0.2, -0.15) is 0 Å². The van der Waals surface area contributed by atoms with Crippen molar-refractivity contribution in [3.05, 3.63) is 34.3 Å². The fourth-order valence-corrected chi connectivity index (χ4v) is 4.95. The lowest BCUT2D eigenvalue weighted by molar-refractivity contribution is -0.320. The van der Waals surface area contributed by atoms with Crippen molar-refractivity contribution in [3.63, 3.8) is 0 Å². The van der Waals surface area contributed by atoms with Gasteiger partial charge < -0.3 is 14.2 Å². The van der Waals surface area contributed by atoms with Crippen LogP contribution in [0.15, 0.2) is 28.7 Å². The van der Waals surface area contributed by atoms with E-state index in [-0.39, 0.29) is 17.1 Å². The van der Waals surface area contributed by atoms with Crippen molar-refractivity contribution in [2.24, 2.45) is 5.41 Å². The van der Waals surface area contributed by atoms with Crippen LogP contribution in [0.2, 0.25) is 0 Å². The number of benzene rings is 1. The lowest BCUT2D eigenvalue weighted by atomic mass is 9.77. The largest absolute Gasteiger partial charge is 0.443 e. The number of nitrogens with zero attached hydrogens (tertiary/aromatic N) is 1. The van der Waals surface area contributed by atoms with E-state index in [0.29, 0.717) is 6.54 Å². The highest BCUT2D eigenvalue weighted by molar-refractivity contribution is 9.10. The molecule has 0 unspecified atom stereocenters. The average Bonchev–Trinajstić information content (AvgIpc) is 2.67. The van der Waals surface area contributed by atoms with Crippen LogP contribution in [0.1, 0.15) is 65.4 Å². The van der Waals surface area contributed by atoms with E-state index in [9.17, 15) is 4.79 Å². The Kier molecular flexibility index (Phi) is 5.28. The molecule has 1 aromatic rings. The van der Waals surface area contributed by atoms with E-state index in [2.05, 4.69) is 55.8 Å². The molecular formula is C23H32BrNO4. The van der Waals surface area contributed by atoms with E-state index in [1.807, 2.05) is 17.0 Å². The van der Waals surface area contributed by atoms with Gasteiger partial charge in [0.05, 0.1) is 18.8 Å². The van der Waals surface area contributed by atoms with Gasteiger partial charge in [-0.25, -0.2) is 4.79 Å². The van der Waals surface area contributed by atoms with E-state index < -0.39 is 11.3 Å². The zero-order chi connectivity index (χ0) is 20.9. The lowest BCUT2D eigenvalue weighted by Crippen LogP contribution is -2.59. The molecule has 1 amide bonds. The molecule has 0 aromatic heterocycles. The highest BCUT2D eigenvalue weighted by Gasteiger charge is 2.52. The van der Waals surface area contributed by atoms with Crippen LogP contribution < -0.4 is 0 Å². The molecule has 0 radical (unpaired) electrons. The van der Waals surface area contributed by atoms with Gasteiger partial charge in [0.25, 0.3) is 0 Å². The zero-order valence-electron chi connectivity index (χ0n) is 17.9. The number of amides is 1. The third-order valence-corrected chi connectivity index (χ3v) is 7.44. The maximum absolute atomic E-state index is 13.0. The van der Waals surface area contributed by atoms with Crippen LogP contribution in [0.25, 0.3) is 0 Å². The van der Waals surface area contributed by atoms with Gasteiger partial charge in [0.2, 0.25) is 0 Å². The topological polar surface area (TPSA) is 48.0 Å². The highest BCUT2D eigenvalue weighted by Crippen LogP contribution is 2.47. The SMILES string of the molecule is CC1(C)COC2(CCC3(CCN(C(C)(C)c4ccc(Br)cc4)C(=O)O3)CC2)OC1. The molecule has 4 rings (SSSR count). The molecule has 1 saturated carbocycles. The van der Waals surface area contributed by atoms with Crippen LogP contribution in [0.5, 0.6) is 0 Å². The number of hydrogen-bond acceptors (Lipinski definition) is 4. The normalized spacial score (nSPS) is 25.8. The number of carbonyl (C=O) groups excluding carboxylic acids is 1. The van der Waals surface area contributed by atoms with Gasteiger partial charge in [0, 0.05) is 35.7 Å². The maximum Gasteiger partial charge on any atom is 0.411 e. The van der Waals surface area contributed by atoms with Crippen molar-refractivity contribution in [1.29, 1.82) is 0 Å². The van der Waals surface area contributed by atoms with Crippen LogP contribution in [0.3, 0.4) is 0 Å².